The molecule has 4 rings (SSSR count). The molecule has 1 aromatic heterocycles. The van der Waals surface area contributed by atoms with E-state index in [1.54, 1.807) is 0 Å². The first-order chi connectivity index (χ1) is 19.5. The highest BCUT2D eigenvalue weighted by atomic mass is 16.2. The second kappa shape index (κ2) is 14.9. The van der Waals surface area contributed by atoms with Crippen LogP contribution in [0, 0.1) is 5.92 Å². The van der Waals surface area contributed by atoms with Crippen molar-refractivity contribution in [2.75, 3.05) is 13.1 Å². The van der Waals surface area contributed by atoms with Crippen LogP contribution in [-0.4, -0.2) is 45.3 Å². The van der Waals surface area contributed by atoms with E-state index < -0.39 is 0 Å². The van der Waals surface area contributed by atoms with Gasteiger partial charge < -0.3 is 14.4 Å². The number of hydrogen-bond acceptors (Lipinski definition) is 2. The molecule has 0 saturated heterocycles. The fourth-order valence-electron chi connectivity index (χ4n) is 5.91. The van der Waals surface area contributed by atoms with Gasteiger partial charge in [0.05, 0.1) is 19.0 Å². The van der Waals surface area contributed by atoms with Crippen molar-refractivity contribution in [3.8, 4) is 0 Å². The molecule has 0 aliphatic heterocycles. The average molecular weight is 542 g/mol. The first-order valence-corrected chi connectivity index (χ1v) is 15.3. The van der Waals surface area contributed by atoms with Crippen molar-refractivity contribution in [2.24, 2.45) is 5.92 Å². The molecule has 214 valence electrons. The van der Waals surface area contributed by atoms with Crippen molar-refractivity contribution in [3.63, 3.8) is 0 Å². The Hall–Kier alpha value is -3.34. The molecule has 0 N–H and O–H groups in total. The number of aromatic nitrogens is 1. The predicted octanol–water partition coefficient (Wildman–Crippen LogP) is 7.27. The van der Waals surface area contributed by atoms with Gasteiger partial charge in [0.2, 0.25) is 11.8 Å². The van der Waals surface area contributed by atoms with E-state index in [4.69, 9.17) is 0 Å². The zero-order chi connectivity index (χ0) is 28.3. The van der Waals surface area contributed by atoms with Gasteiger partial charge >= 0.3 is 0 Å². The zero-order valence-corrected chi connectivity index (χ0v) is 24.7. The highest BCUT2D eigenvalue weighted by Crippen LogP contribution is 2.26. The third-order valence-corrected chi connectivity index (χ3v) is 8.31. The largest absolute Gasteiger partial charge is 0.345 e. The number of carbonyl (C=O) groups excluding carboxylic acids is 2. The van der Waals surface area contributed by atoms with Gasteiger partial charge in [-0.2, -0.15) is 0 Å². The summed E-state index contributed by atoms with van der Waals surface area (Å²) in [7, 11) is 0. The van der Waals surface area contributed by atoms with Crippen LogP contribution in [0.5, 0.6) is 0 Å². The van der Waals surface area contributed by atoms with Crippen molar-refractivity contribution in [3.05, 3.63) is 95.8 Å². The van der Waals surface area contributed by atoms with Gasteiger partial charge in [0.15, 0.2) is 0 Å². The van der Waals surface area contributed by atoms with E-state index in [9.17, 15) is 9.59 Å². The van der Waals surface area contributed by atoms with E-state index >= 15 is 0 Å². The fourth-order valence-corrected chi connectivity index (χ4v) is 5.91. The fraction of sp³-hybridized carbons (Fsp3) is 0.486. The predicted molar refractivity (Wildman–Crippen MR) is 163 cm³/mol. The molecule has 1 heterocycles. The Kier molecular flexibility index (Phi) is 11.0. The van der Waals surface area contributed by atoms with Crippen LogP contribution < -0.4 is 0 Å². The van der Waals surface area contributed by atoms with Gasteiger partial charge in [0.25, 0.3) is 0 Å². The second-order valence-electron chi connectivity index (χ2n) is 11.7. The van der Waals surface area contributed by atoms with Gasteiger partial charge in [-0.15, -0.1) is 0 Å². The molecule has 0 bridgehead atoms. The maximum atomic E-state index is 14.2. The number of amides is 2. The lowest BCUT2D eigenvalue weighted by atomic mass is 9.93. The Morgan fingerprint density at radius 3 is 2.23 bits per heavy atom. The number of nitrogens with zero attached hydrogens (tertiary/aromatic N) is 3. The molecular weight excluding hydrogens is 494 g/mol. The van der Waals surface area contributed by atoms with E-state index in [-0.39, 0.29) is 30.3 Å². The van der Waals surface area contributed by atoms with Crippen LogP contribution in [0.25, 0.3) is 0 Å². The Morgan fingerprint density at radius 2 is 1.57 bits per heavy atom. The van der Waals surface area contributed by atoms with Crippen molar-refractivity contribution in [1.29, 1.82) is 0 Å². The number of benzene rings is 2. The first-order valence-electron chi connectivity index (χ1n) is 15.3. The monoisotopic (exact) mass is 541 g/mol. The van der Waals surface area contributed by atoms with E-state index in [1.165, 1.54) is 12.0 Å². The summed E-state index contributed by atoms with van der Waals surface area (Å²) in [4.78, 5) is 32.1. The van der Waals surface area contributed by atoms with E-state index in [0.717, 1.165) is 49.9 Å². The van der Waals surface area contributed by atoms with Crippen LogP contribution in [0.15, 0.2) is 79.0 Å². The van der Waals surface area contributed by atoms with Gasteiger partial charge in [-0.05, 0) is 54.9 Å². The molecule has 1 fully saturated rings. The van der Waals surface area contributed by atoms with Gasteiger partial charge in [-0.25, -0.2) is 0 Å². The molecule has 5 nitrogen and oxygen atoms in total. The molecule has 1 atom stereocenters. The molecular formula is C35H47N3O2. The quantitative estimate of drug-likeness (QED) is 0.228. The molecule has 1 aliphatic rings. The third kappa shape index (κ3) is 8.09. The molecule has 0 radical (unpaired) electrons. The lowest BCUT2D eigenvalue weighted by Crippen LogP contribution is -2.48. The van der Waals surface area contributed by atoms with E-state index in [0.29, 0.717) is 25.4 Å². The van der Waals surface area contributed by atoms with Crippen molar-refractivity contribution in [1.82, 2.24) is 14.4 Å². The van der Waals surface area contributed by atoms with Gasteiger partial charge in [-0.1, -0.05) is 101 Å². The Bertz CT molecular complexity index is 1180. The SMILES string of the molecule is CCC(C(=O)N(CCC(C)C)CC(=O)N(Cc1cccn1Cc1ccccc1)C1CCCCC1)c1ccccc1. The number of hydrogen-bond donors (Lipinski definition) is 0. The molecule has 2 aromatic carbocycles. The van der Waals surface area contributed by atoms with Crippen LogP contribution in [-0.2, 0) is 22.7 Å². The number of carbonyl (C=O) groups is 2. The van der Waals surface area contributed by atoms with Crippen molar-refractivity contribution >= 4 is 11.8 Å². The lowest BCUT2D eigenvalue weighted by Gasteiger charge is -2.37. The van der Waals surface area contributed by atoms with Crippen LogP contribution in [0.4, 0.5) is 0 Å². The standard InChI is InChI=1S/C35H47N3O2/c1-4-33(30-17-10-6-11-18-30)35(40)37(24-22-28(2)3)27-34(39)38(31-19-12-7-13-20-31)26-32-21-14-23-36(32)25-29-15-8-5-9-16-29/h5-6,8-11,14-18,21,23,28,31,33H,4,7,12-13,19-20,22,24-27H2,1-3H3. The smallest absolute Gasteiger partial charge is 0.242 e. The third-order valence-electron chi connectivity index (χ3n) is 8.31. The Balaban J connectivity index is 1.56. The van der Waals surface area contributed by atoms with Crippen LogP contribution >= 0.6 is 0 Å². The summed E-state index contributed by atoms with van der Waals surface area (Å²) >= 11 is 0. The maximum Gasteiger partial charge on any atom is 0.242 e. The minimum atomic E-state index is -0.229. The summed E-state index contributed by atoms with van der Waals surface area (Å²) in [6, 6.07) is 24.9. The molecule has 3 aromatic rings. The van der Waals surface area contributed by atoms with Crippen molar-refractivity contribution < 1.29 is 9.59 Å². The molecule has 5 heteroatoms. The molecule has 1 unspecified atom stereocenters. The first kappa shape index (κ1) is 29.6. The second-order valence-corrected chi connectivity index (χ2v) is 11.7. The van der Waals surface area contributed by atoms with Crippen LogP contribution in [0.1, 0.15) is 88.5 Å². The average Bonchev–Trinajstić information content (AvgIpc) is 3.42. The molecule has 2 amide bonds. The summed E-state index contributed by atoms with van der Waals surface area (Å²) in [6.45, 7) is 8.52. The molecule has 1 saturated carbocycles. The zero-order valence-electron chi connectivity index (χ0n) is 24.7. The van der Waals surface area contributed by atoms with Crippen LogP contribution in [0.2, 0.25) is 0 Å². The number of rotatable bonds is 13. The minimum absolute atomic E-state index is 0.0683. The topological polar surface area (TPSA) is 45.6 Å². The highest BCUT2D eigenvalue weighted by Gasteiger charge is 2.31. The Morgan fingerprint density at radius 1 is 0.900 bits per heavy atom. The molecule has 40 heavy (non-hydrogen) atoms. The van der Waals surface area contributed by atoms with Crippen LogP contribution in [0.3, 0.4) is 0 Å². The lowest BCUT2D eigenvalue weighted by molar-refractivity contribution is -0.143. The minimum Gasteiger partial charge on any atom is -0.345 e. The maximum absolute atomic E-state index is 14.2. The van der Waals surface area contributed by atoms with Gasteiger partial charge in [0, 0.05) is 31.0 Å². The molecule has 0 spiro atoms. The summed E-state index contributed by atoms with van der Waals surface area (Å²) in [6.07, 6.45) is 9.32. The normalized spacial score (nSPS) is 14.7. The highest BCUT2D eigenvalue weighted by molar-refractivity contribution is 5.88. The van der Waals surface area contributed by atoms with E-state index in [1.807, 2.05) is 41.3 Å². The Labute approximate surface area is 241 Å². The summed E-state index contributed by atoms with van der Waals surface area (Å²) < 4.78 is 2.25. The summed E-state index contributed by atoms with van der Waals surface area (Å²) in [5.41, 5.74) is 3.41. The van der Waals surface area contributed by atoms with E-state index in [2.05, 4.69) is 72.8 Å². The van der Waals surface area contributed by atoms with Gasteiger partial charge in [-0.3, -0.25) is 9.59 Å². The summed E-state index contributed by atoms with van der Waals surface area (Å²) in [5, 5.41) is 0. The summed E-state index contributed by atoms with van der Waals surface area (Å²) in [5.74, 6) is 0.364. The molecule has 1 aliphatic carbocycles. The van der Waals surface area contributed by atoms with Crippen molar-refractivity contribution in [2.45, 2.75) is 90.8 Å². The van der Waals surface area contributed by atoms with Gasteiger partial charge in [0.1, 0.15) is 0 Å².